The molecule has 0 amide bonds. The highest BCUT2D eigenvalue weighted by molar-refractivity contribution is 7.18. The van der Waals surface area contributed by atoms with Gasteiger partial charge in [0, 0.05) is 53.9 Å². The molecule has 6 rings (SSSR count). The lowest BCUT2D eigenvalue weighted by atomic mass is 10.0. The molecule has 0 spiro atoms. The number of alkyl halides is 3. The predicted molar refractivity (Wildman–Crippen MR) is 184 cm³/mol. The molecule has 0 unspecified atom stereocenters. The van der Waals surface area contributed by atoms with Gasteiger partial charge >= 0.3 is 11.4 Å². The standard InChI is InChI=1S/C33H29Cl2F2N7O4S/c1-18-41-25-15-40-30(42(2)20-6-9-43(10-7-20)17-33(35,36)37)23(14-38)27(25)31(45)44(18)11-12-48-26-4-3-19(34)13-22(26)21-5-8-39-28-24(32(46)47)16-49-29(21)28/h3-5,8,13,15-16,20H,6-7,9-12,17H2,1-2H3,(H,46,47). The number of benzene rings is 1. The Morgan fingerprint density at radius 3 is 2.69 bits per heavy atom. The average molecular weight is 729 g/mol. The molecular formula is C33H29Cl2F2N7O4S. The van der Waals surface area contributed by atoms with Gasteiger partial charge in [-0.3, -0.25) is 19.2 Å². The predicted octanol–water partition coefficient (Wildman–Crippen LogP) is 6.41. The zero-order valence-corrected chi connectivity index (χ0v) is 28.6. The minimum atomic E-state index is -3.30. The number of halogens is 4. The number of likely N-dealkylation sites (tertiary alicyclic amines) is 1. The van der Waals surface area contributed by atoms with Crippen LogP contribution in [0, 0.1) is 18.3 Å². The van der Waals surface area contributed by atoms with Gasteiger partial charge in [-0.2, -0.15) is 14.0 Å². The number of fused-ring (bicyclic) bond motifs is 2. The fourth-order valence-corrected chi connectivity index (χ4v) is 7.59. The molecule has 11 nitrogen and oxygen atoms in total. The Balaban J connectivity index is 1.26. The molecule has 1 N–H and O–H groups in total. The van der Waals surface area contributed by atoms with Crippen LogP contribution in [0.25, 0.3) is 32.2 Å². The molecule has 0 saturated carbocycles. The number of thiophene rings is 1. The zero-order valence-electron chi connectivity index (χ0n) is 26.3. The van der Waals surface area contributed by atoms with E-state index in [2.05, 4.69) is 21.0 Å². The summed E-state index contributed by atoms with van der Waals surface area (Å²) in [5.74, 6) is 0.114. The Kier molecular flexibility index (Phi) is 9.72. The monoisotopic (exact) mass is 727 g/mol. The van der Waals surface area contributed by atoms with E-state index < -0.39 is 23.5 Å². The SMILES string of the molecule is Cc1nc2cnc(N(C)C3CCN(CC(F)(F)Cl)CC3)c(C#N)c2c(=O)n1CCOc1ccc(Cl)cc1-c1ccnc2c(C(=O)O)csc12. The second kappa shape index (κ2) is 13.8. The summed E-state index contributed by atoms with van der Waals surface area (Å²) in [7, 11) is 1.78. The van der Waals surface area contributed by atoms with Crippen LogP contribution in [0.1, 0.15) is 34.6 Å². The highest BCUT2D eigenvalue weighted by Gasteiger charge is 2.32. The molecule has 4 aromatic heterocycles. The van der Waals surface area contributed by atoms with Gasteiger partial charge in [-0.25, -0.2) is 14.8 Å². The minimum absolute atomic E-state index is 0.0568. The van der Waals surface area contributed by atoms with E-state index in [1.165, 1.54) is 28.3 Å². The number of carbonyl (C=O) groups is 1. The summed E-state index contributed by atoms with van der Waals surface area (Å²) in [4.78, 5) is 42.4. The van der Waals surface area contributed by atoms with Crippen LogP contribution in [0.15, 0.2) is 46.8 Å². The van der Waals surface area contributed by atoms with Crippen LogP contribution < -0.4 is 15.2 Å². The van der Waals surface area contributed by atoms with Crippen LogP contribution in [-0.4, -0.2) is 80.2 Å². The molecule has 1 aliphatic rings. The molecule has 1 aliphatic heterocycles. The lowest BCUT2D eigenvalue weighted by Gasteiger charge is -2.38. The van der Waals surface area contributed by atoms with E-state index in [1.54, 1.807) is 48.5 Å². The van der Waals surface area contributed by atoms with Crippen molar-refractivity contribution in [2.75, 3.05) is 38.2 Å². The first-order chi connectivity index (χ1) is 23.4. The maximum Gasteiger partial charge on any atom is 0.338 e. The summed E-state index contributed by atoms with van der Waals surface area (Å²) in [5.41, 5.74) is 1.74. The Bertz CT molecular complexity index is 2180. The number of aromatic carboxylic acids is 1. The number of rotatable bonds is 10. The van der Waals surface area contributed by atoms with Crippen molar-refractivity contribution in [3.8, 4) is 22.9 Å². The van der Waals surface area contributed by atoms with E-state index in [4.69, 9.17) is 27.9 Å². The number of nitriles is 1. The second-order valence-electron chi connectivity index (χ2n) is 11.7. The third-order valence-electron chi connectivity index (χ3n) is 8.61. The van der Waals surface area contributed by atoms with Crippen molar-refractivity contribution >= 4 is 67.4 Å². The van der Waals surface area contributed by atoms with Crippen molar-refractivity contribution in [2.24, 2.45) is 0 Å². The van der Waals surface area contributed by atoms with Gasteiger partial charge in [-0.1, -0.05) is 11.6 Å². The van der Waals surface area contributed by atoms with E-state index in [9.17, 15) is 28.7 Å². The molecule has 5 aromatic rings. The van der Waals surface area contributed by atoms with Gasteiger partial charge < -0.3 is 14.7 Å². The number of hydrogen-bond donors (Lipinski definition) is 1. The van der Waals surface area contributed by atoms with Crippen LogP contribution in [0.2, 0.25) is 5.02 Å². The highest BCUT2D eigenvalue weighted by Crippen LogP contribution is 2.39. The molecule has 0 aliphatic carbocycles. The molecule has 254 valence electrons. The van der Waals surface area contributed by atoms with Gasteiger partial charge in [-0.05, 0) is 55.6 Å². The number of piperidine rings is 1. The van der Waals surface area contributed by atoms with Crippen LogP contribution >= 0.6 is 34.5 Å². The second-order valence-corrected chi connectivity index (χ2v) is 13.5. The third kappa shape index (κ3) is 7.02. The number of carboxylic acids is 1. The minimum Gasteiger partial charge on any atom is -0.491 e. The van der Waals surface area contributed by atoms with Crippen molar-refractivity contribution in [2.45, 2.75) is 37.7 Å². The van der Waals surface area contributed by atoms with Crippen molar-refractivity contribution in [3.05, 3.63) is 74.4 Å². The van der Waals surface area contributed by atoms with Crippen LogP contribution in [0.5, 0.6) is 5.75 Å². The molecule has 1 fully saturated rings. The van der Waals surface area contributed by atoms with E-state index in [1.807, 2.05) is 4.90 Å². The summed E-state index contributed by atoms with van der Waals surface area (Å²) < 4.78 is 34.9. The third-order valence-corrected chi connectivity index (χ3v) is 9.97. The number of ether oxygens (including phenoxy) is 1. The Morgan fingerprint density at radius 2 is 2.00 bits per heavy atom. The molecule has 0 bridgehead atoms. The van der Waals surface area contributed by atoms with Crippen molar-refractivity contribution in [1.82, 2.24) is 24.4 Å². The number of pyridine rings is 2. The van der Waals surface area contributed by atoms with Crippen LogP contribution in [0.4, 0.5) is 14.6 Å². The average Bonchev–Trinajstić information content (AvgIpc) is 3.50. The topological polar surface area (TPSA) is 137 Å². The zero-order chi connectivity index (χ0) is 35.0. The highest BCUT2D eigenvalue weighted by atomic mass is 35.5. The fourth-order valence-electron chi connectivity index (χ4n) is 6.22. The van der Waals surface area contributed by atoms with Crippen molar-refractivity contribution in [3.63, 3.8) is 0 Å². The summed E-state index contributed by atoms with van der Waals surface area (Å²) in [5, 5.41) is 18.6. The smallest absolute Gasteiger partial charge is 0.338 e. The number of nitrogens with zero attached hydrogens (tertiary/aromatic N) is 7. The molecule has 1 aromatic carbocycles. The quantitative estimate of drug-likeness (QED) is 0.161. The number of aryl methyl sites for hydroxylation is 1. The van der Waals surface area contributed by atoms with Gasteiger partial charge in [0.1, 0.15) is 35.6 Å². The maximum absolute atomic E-state index is 13.9. The Labute approximate surface area is 292 Å². The molecule has 1 saturated heterocycles. The van der Waals surface area contributed by atoms with E-state index in [0.717, 1.165) is 0 Å². The lowest BCUT2D eigenvalue weighted by Crippen LogP contribution is -2.46. The molecule has 5 heterocycles. The maximum atomic E-state index is 13.9. The normalized spacial score (nSPS) is 14.3. The Hall–Kier alpha value is -4.42. The van der Waals surface area contributed by atoms with E-state index in [-0.39, 0.29) is 41.2 Å². The largest absolute Gasteiger partial charge is 0.491 e. The molecule has 0 atom stereocenters. The number of hydrogen-bond acceptors (Lipinski definition) is 10. The molecule has 0 radical (unpaired) electrons. The van der Waals surface area contributed by atoms with Gasteiger partial charge in [0.2, 0.25) is 0 Å². The number of aromatic nitrogens is 4. The number of anilines is 1. The summed E-state index contributed by atoms with van der Waals surface area (Å²) in [6, 6.07) is 8.93. The van der Waals surface area contributed by atoms with E-state index >= 15 is 0 Å². The fraction of sp³-hybridized carbons (Fsp3) is 0.333. The van der Waals surface area contributed by atoms with Gasteiger partial charge in [0.05, 0.1) is 46.0 Å². The number of carboxylic acid groups (broad SMARTS) is 1. The molecule has 49 heavy (non-hydrogen) atoms. The van der Waals surface area contributed by atoms with Crippen LogP contribution in [0.3, 0.4) is 0 Å². The van der Waals surface area contributed by atoms with Gasteiger partial charge in [-0.15, -0.1) is 11.3 Å². The first kappa shape index (κ1) is 34.4. The van der Waals surface area contributed by atoms with Gasteiger partial charge in [0.15, 0.2) is 0 Å². The van der Waals surface area contributed by atoms with E-state index in [0.29, 0.717) is 69.7 Å². The lowest BCUT2D eigenvalue weighted by molar-refractivity contribution is 0.0380. The summed E-state index contributed by atoms with van der Waals surface area (Å²) in [6.45, 7) is 2.11. The van der Waals surface area contributed by atoms with Crippen molar-refractivity contribution < 1.29 is 23.4 Å². The molecular weight excluding hydrogens is 699 g/mol. The summed E-state index contributed by atoms with van der Waals surface area (Å²) >= 11 is 12.7. The molecule has 16 heteroatoms. The Morgan fingerprint density at radius 1 is 1.24 bits per heavy atom. The van der Waals surface area contributed by atoms with Crippen molar-refractivity contribution in [1.29, 1.82) is 5.26 Å². The first-order valence-electron chi connectivity index (χ1n) is 15.2. The first-order valence-corrected chi connectivity index (χ1v) is 16.8. The summed E-state index contributed by atoms with van der Waals surface area (Å²) in [6.07, 6.45) is 4.10. The van der Waals surface area contributed by atoms with Crippen LogP contribution in [-0.2, 0) is 6.54 Å². The van der Waals surface area contributed by atoms with Gasteiger partial charge in [0.25, 0.3) is 5.56 Å².